The van der Waals surface area contributed by atoms with Gasteiger partial charge in [-0.15, -0.1) is 0 Å². The number of hydrogen-bond acceptors (Lipinski definition) is 4. The van der Waals surface area contributed by atoms with Crippen molar-refractivity contribution in [3.8, 4) is 5.75 Å². The molecule has 0 bridgehead atoms. The van der Waals surface area contributed by atoms with Gasteiger partial charge < -0.3 is 10.1 Å². The third-order valence-corrected chi connectivity index (χ3v) is 3.97. The standard InChI is InChI=1S/C18H17Cl2N3O3/c1-3-26-16-7-5-12(8-15(16)20)10-21-23-18(25)17(24)22-13-6-4-11(2)14(19)9-13/h4-10H,3H2,1-2H3,(H,22,24)(H,23,25)/b21-10-. The van der Waals surface area contributed by atoms with Gasteiger partial charge in [0.05, 0.1) is 17.8 Å². The lowest BCUT2D eigenvalue weighted by atomic mass is 10.2. The monoisotopic (exact) mass is 393 g/mol. The molecule has 0 fully saturated rings. The number of hydrazone groups is 1. The Balaban J connectivity index is 1.92. The fourth-order valence-electron chi connectivity index (χ4n) is 1.94. The molecule has 0 radical (unpaired) electrons. The minimum atomic E-state index is -0.907. The van der Waals surface area contributed by atoms with Crippen molar-refractivity contribution in [2.75, 3.05) is 11.9 Å². The van der Waals surface area contributed by atoms with E-state index in [1.54, 1.807) is 36.4 Å². The highest BCUT2D eigenvalue weighted by atomic mass is 35.5. The van der Waals surface area contributed by atoms with Crippen molar-refractivity contribution >= 4 is 46.9 Å². The molecule has 2 rings (SSSR count). The Kier molecular flexibility index (Phi) is 7.00. The Labute approximate surface area is 161 Å². The number of aryl methyl sites for hydroxylation is 1. The SMILES string of the molecule is CCOc1ccc(/C=N\NC(=O)C(=O)Nc2ccc(C)c(Cl)c2)cc1Cl. The van der Waals surface area contributed by atoms with Gasteiger partial charge >= 0.3 is 11.8 Å². The third kappa shape index (κ3) is 5.47. The first kappa shape index (κ1) is 19.8. The summed E-state index contributed by atoms with van der Waals surface area (Å²) in [5, 5.41) is 7.10. The highest BCUT2D eigenvalue weighted by Crippen LogP contribution is 2.24. The smallest absolute Gasteiger partial charge is 0.329 e. The Morgan fingerprint density at radius 3 is 2.54 bits per heavy atom. The number of benzene rings is 2. The summed E-state index contributed by atoms with van der Waals surface area (Å²) in [6.45, 7) is 4.20. The summed E-state index contributed by atoms with van der Waals surface area (Å²) in [6.07, 6.45) is 1.37. The quantitative estimate of drug-likeness (QED) is 0.460. The number of nitrogens with one attached hydrogen (secondary N) is 2. The van der Waals surface area contributed by atoms with Crippen molar-refractivity contribution in [2.24, 2.45) is 5.10 Å². The molecule has 0 spiro atoms. The summed E-state index contributed by atoms with van der Waals surface area (Å²) in [7, 11) is 0. The van der Waals surface area contributed by atoms with Gasteiger partial charge in [0.25, 0.3) is 0 Å². The zero-order valence-corrected chi connectivity index (χ0v) is 15.7. The molecule has 0 saturated heterocycles. The van der Waals surface area contributed by atoms with E-state index in [1.165, 1.54) is 6.21 Å². The second kappa shape index (κ2) is 9.22. The number of hydrogen-bond donors (Lipinski definition) is 2. The molecule has 2 aromatic rings. The van der Waals surface area contributed by atoms with E-state index in [-0.39, 0.29) is 0 Å². The minimum Gasteiger partial charge on any atom is -0.492 e. The molecule has 6 nitrogen and oxygen atoms in total. The normalized spacial score (nSPS) is 10.6. The molecule has 2 aromatic carbocycles. The molecule has 0 aromatic heterocycles. The van der Waals surface area contributed by atoms with E-state index in [4.69, 9.17) is 27.9 Å². The van der Waals surface area contributed by atoms with E-state index in [1.807, 2.05) is 13.8 Å². The van der Waals surface area contributed by atoms with E-state index in [9.17, 15) is 9.59 Å². The molecule has 0 saturated carbocycles. The summed E-state index contributed by atoms with van der Waals surface area (Å²) in [6, 6.07) is 10.0. The second-order valence-electron chi connectivity index (χ2n) is 5.24. The summed E-state index contributed by atoms with van der Waals surface area (Å²) in [5.74, 6) is -1.20. The maximum atomic E-state index is 11.8. The summed E-state index contributed by atoms with van der Waals surface area (Å²) in [5.41, 5.74) is 4.08. The van der Waals surface area contributed by atoms with Crippen LogP contribution in [0.5, 0.6) is 5.75 Å². The topological polar surface area (TPSA) is 79.8 Å². The van der Waals surface area contributed by atoms with E-state index in [0.29, 0.717) is 33.7 Å². The minimum absolute atomic E-state index is 0.419. The number of rotatable bonds is 5. The van der Waals surface area contributed by atoms with E-state index in [0.717, 1.165) is 5.56 Å². The van der Waals surface area contributed by atoms with Crippen molar-refractivity contribution in [3.63, 3.8) is 0 Å². The van der Waals surface area contributed by atoms with Crippen LogP contribution in [0.1, 0.15) is 18.1 Å². The van der Waals surface area contributed by atoms with Gasteiger partial charge in [0.15, 0.2) is 0 Å². The Morgan fingerprint density at radius 1 is 1.12 bits per heavy atom. The number of ether oxygens (including phenoxy) is 1. The molecule has 0 aliphatic heterocycles. The number of amides is 2. The van der Waals surface area contributed by atoms with Gasteiger partial charge in [-0.3, -0.25) is 9.59 Å². The maximum Gasteiger partial charge on any atom is 0.329 e. The fourth-order valence-corrected chi connectivity index (χ4v) is 2.37. The van der Waals surface area contributed by atoms with Crippen molar-refractivity contribution in [1.29, 1.82) is 0 Å². The first-order chi connectivity index (χ1) is 12.4. The van der Waals surface area contributed by atoms with Gasteiger partial charge in [-0.25, -0.2) is 5.43 Å². The number of carbonyl (C=O) groups is 2. The van der Waals surface area contributed by atoms with Crippen LogP contribution in [0.15, 0.2) is 41.5 Å². The molecule has 0 heterocycles. The lowest BCUT2D eigenvalue weighted by Crippen LogP contribution is -2.32. The second-order valence-corrected chi connectivity index (χ2v) is 6.05. The molecule has 0 unspecified atom stereocenters. The van der Waals surface area contributed by atoms with Crippen LogP contribution in [0, 0.1) is 6.92 Å². The molecule has 2 N–H and O–H groups in total. The number of carbonyl (C=O) groups excluding carboxylic acids is 2. The molecule has 2 amide bonds. The molecular weight excluding hydrogens is 377 g/mol. The third-order valence-electron chi connectivity index (χ3n) is 3.27. The fraction of sp³-hybridized carbons (Fsp3) is 0.167. The predicted octanol–water partition coefficient (Wildman–Crippen LogP) is 3.79. The van der Waals surface area contributed by atoms with E-state index < -0.39 is 11.8 Å². The molecule has 0 aliphatic carbocycles. The Bertz CT molecular complexity index is 854. The van der Waals surface area contributed by atoms with Crippen LogP contribution in [0.25, 0.3) is 0 Å². The van der Waals surface area contributed by atoms with Crippen LogP contribution >= 0.6 is 23.2 Å². The number of anilines is 1. The maximum absolute atomic E-state index is 11.8. The van der Waals surface area contributed by atoms with Crippen LogP contribution in [0.3, 0.4) is 0 Å². The van der Waals surface area contributed by atoms with Crippen molar-refractivity contribution in [1.82, 2.24) is 5.43 Å². The van der Waals surface area contributed by atoms with Gasteiger partial charge in [-0.05, 0) is 55.3 Å². The van der Waals surface area contributed by atoms with E-state index in [2.05, 4.69) is 15.8 Å². The van der Waals surface area contributed by atoms with E-state index >= 15 is 0 Å². The number of nitrogens with zero attached hydrogens (tertiary/aromatic N) is 1. The lowest BCUT2D eigenvalue weighted by Gasteiger charge is -2.06. The lowest BCUT2D eigenvalue weighted by molar-refractivity contribution is -0.136. The van der Waals surface area contributed by atoms with Crippen LogP contribution in [0.2, 0.25) is 10.0 Å². The van der Waals surface area contributed by atoms with Crippen LogP contribution < -0.4 is 15.5 Å². The molecule has 0 atom stereocenters. The first-order valence-corrected chi connectivity index (χ1v) is 8.49. The van der Waals surface area contributed by atoms with Crippen molar-refractivity contribution in [3.05, 3.63) is 57.6 Å². The zero-order valence-electron chi connectivity index (χ0n) is 14.2. The van der Waals surface area contributed by atoms with Gasteiger partial charge in [-0.2, -0.15) is 5.10 Å². The zero-order chi connectivity index (χ0) is 19.1. The van der Waals surface area contributed by atoms with Crippen molar-refractivity contribution < 1.29 is 14.3 Å². The van der Waals surface area contributed by atoms with Crippen LogP contribution in [-0.2, 0) is 9.59 Å². The van der Waals surface area contributed by atoms with Crippen molar-refractivity contribution in [2.45, 2.75) is 13.8 Å². The molecule has 26 heavy (non-hydrogen) atoms. The predicted molar refractivity (Wildman–Crippen MR) is 103 cm³/mol. The largest absolute Gasteiger partial charge is 0.492 e. The molecule has 8 heteroatoms. The summed E-state index contributed by atoms with van der Waals surface area (Å²) >= 11 is 12.0. The average Bonchev–Trinajstić information content (AvgIpc) is 2.60. The van der Waals surface area contributed by atoms with Crippen LogP contribution in [-0.4, -0.2) is 24.6 Å². The Morgan fingerprint density at radius 2 is 1.88 bits per heavy atom. The molecular formula is C18H17Cl2N3O3. The molecule has 136 valence electrons. The molecule has 0 aliphatic rings. The first-order valence-electron chi connectivity index (χ1n) is 7.73. The summed E-state index contributed by atoms with van der Waals surface area (Å²) in [4.78, 5) is 23.6. The van der Waals surface area contributed by atoms with Crippen LogP contribution in [0.4, 0.5) is 5.69 Å². The Hall–Kier alpha value is -2.57. The van der Waals surface area contributed by atoms with Gasteiger partial charge in [0, 0.05) is 10.7 Å². The van der Waals surface area contributed by atoms with Gasteiger partial charge in [0.1, 0.15) is 5.75 Å². The summed E-state index contributed by atoms with van der Waals surface area (Å²) < 4.78 is 5.33. The average molecular weight is 394 g/mol. The number of halogens is 2. The van der Waals surface area contributed by atoms with Gasteiger partial charge in [0.2, 0.25) is 0 Å². The van der Waals surface area contributed by atoms with Gasteiger partial charge in [-0.1, -0.05) is 29.3 Å². The highest BCUT2D eigenvalue weighted by molar-refractivity contribution is 6.40. The highest BCUT2D eigenvalue weighted by Gasteiger charge is 2.13.